The monoisotopic (exact) mass is 318 g/mol. The summed E-state index contributed by atoms with van der Waals surface area (Å²) in [5.74, 6) is 1.45. The molecule has 0 unspecified atom stereocenters. The molecule has 0 atom stereocenters. The molecule has 0 amide bonds. The van der Waals surface area contributed by atoms with Gasteiger partial charge in [-0.15, -0.1) is 0 Å². The van der Waals surface area contributed by atoms with Crippen LogP contribution in [0.25, 0.3) is 11.4 Å². The van der Waals surface area contributed by atoms with Crippen LogP contribution in [0.1, 0.15) is 5.89 Å². The molecule has 112 valence electrons. The lowest BCUT2D eigenvalue weighted by atomic mass is 10.2. The molecule has 1 aromatic carbocycles. The highest BCUT2D eigenvalue weighted by atomic mass is 35.5. The molecule has 0 saturated carbocycles. The number of halogens is 1. The highest BCUT2D eigenvalue weighted by molar-refractivity contribution is 6.30. The summed E-state index contributed by atoms with van der Waals surface area (Å²) in [5.41, 5.74) is 0.448. The van der Waals surface area contributed by atoms with Crippen LogP contribution in [-0.2, 0) is 6.54 Å². The van der Waals surface area contributed by atoms with E-state index in [0.29, 0.717) is 5.82 Å². The first-order chi connectivity index (χ1) is 10.7. The van der Waals surface area contributed by atoms with Crippen LogP contribution in [0.2, 0.25) is 5.02 Å². The lowest BCUT2D eigenvalue weighted by molar-refractivity contribution is 0.363. The van der Waals surface area contributed by atoms with E-state index < -0.39 is 0 Å². The van der Waals surface area contributed by atoms with E-state index >= 15 is 0 Å². The first kappa shape index (κ1) is 14.3. The molecule has 8 heteroatoms. The summed E-state index contributed by atoms with van der Waals surface area (Å²) in [4.78, 5) is 15.9. The summed E-state index contributed by atoms with van der Waals surface area (Å²) in [7, 11) is 1.60. The van der Waals surface area contributed by atoms with Crippen molar-refractivity contribution in [2.24, 2.45) is 0 Å². The first-order valence-corrected chi connectivity index (χ1v) is 6.73. The zero-order valence-electron chi connectivity index (χ0n) is 11.6. The summed E-state index contributed by atoms with van der Waals surface area (Å²) >= 11 is 5.69. The minimum atomic E-state index is -0.336. The van der Waals surface area contributed by atoms with E-state index in [2.05, 4.69) is 15.2 Å². The molecule has 0 aliphatic carbocycles. The van der Waals surface area contributed by atoms with Crippen molar-refractivity contribution in [1.82, 2.24) is 19.9 Å². The maximum atomic E-state index is 11.7. The largest absolute Gasteiger partial charge is 0.497 e. The summed E-state index contributed by atoms with van der Waals surface area (Å²) in [6.07, 6.45) is 1.38. The third-order valence-electron chi connectivity index (χ3n) is 2.94. The van der Waals surface area contributed by atoms with Gasteiger partial charge in [-0.05, 0) is 24.3 Å². The number of methoxy groups -OCH3 is 1. The van der Waals surface area contributed by atoms with E-state index in [-0.39, 0.29) is 23.0 Å². The van der Waals surface area contributed by atoms with E-state index in [1.54, 1.807) is 19.2 Å². The highest BCUT2D eigenvalue weighted by Crippen LogP contribution is 2.19. The fourth-order valence-corrected chi connectivity index (χ4v) is 1.97. The molecule has 0 saturated heterocycles. The number of hydrogen-bond acceptors (Lipinski definition) is 6. The zero-order chi connectivity index (χ0) is 15.5. The van der Waals surface area contributed by atoms with Gasteiger partial charge in [0.1, 0.15) is 12.3 Å². The topological polar surface area (TPSA) is 83.0 Å². The Balaban J connectivity index is 1.82. The molecule has 0 aliphatic heterocycles. The van der Waals surface area contributed by atoms with Crippen molar-refractivity contribution >= 4 is 11.6 Å². The van der Waals surface area contributed by atoms with Gasteiger partial charge in [-0.25, -0.2) is 4.68 Å². The molecule has 0 N–H and O–H groups in total. The number of hydrogen-bond donors (Lipinski definition) is 0. The summed E-state index contributed by atoms with van der Waals surface area (Å²) in [6, 6.07) is 8.52. The van der Waals surface area contributed by atoms with Gasteiger partial charge in [0.25, 0.3) is 5.56 Å². The SMILES string of the molecule is COc1ccc(-c2noc(Cn3ncc(Cl)cc3=O)n2)cc1. The maximum absolute atomic E-state index is 11.7. The minimum Gasteiger partial charge on any atom is -0.497 e. The average Bonchev–Trinajstić information content (AvgIpc) is 2.99. The van der Waals surface area contributed by atoms with E-state index in [9.17, 15) is 4.79 Å². The Morgan fingerprint density at radius 2 is 2.09 bits per heavy atom. The molecule has 2 aromatic heterocycles. The number of rotatable bonds is 4. The second-order valence-corrected chi connectivity index (χ2v) is 4.85. The number of aromatic nitrogens is 4. The van der Waals surface area contributed by atoms with E-state index in [4.69, 9.17) is 20.9 Å². The molecule has 0 aliphatic rings. The van der Waals surface area contributed by atoms with Gasteiger partial charge in [0.15, 0.2) is 0 Å². The smallest absolute Gasteiger partial charge is 0.268 e. The van der Waals surface area contributed by atoms with Gasteiger partial charge in [0.2, 0.25) is 11.7 Å². The molecule has 0 spiro atoms. The Bertz CT molecular complexity index is 842. The Labute approximate surface area is 130 Å². The predicted octanol–water partition coefficient (Wildman–Crippen LogP) is 2.00. The second-order valence-electron chi connectivity index (χ2n) is 4.41. The number of ether oxygens (including phenoxy) is 1. The summed E-state index contributed by atoms with van der Waals surface area (Å²) in [6.45, 7) is 0.0825. The summed E-state index contributed by atoms with van der Waals surface area (Å²) in [5, 5.41) is 8.08. The van der Waals surface area contributed by atoms with E-state index in [0.717, 1.165) is 11.3 Å². The Morgan fingerprint density at radius 3 is 2.77 bits per heavy atom. The number of nitrogens with zero attached hydrogens (tertiary/aromatic N) is 4. The third-order valence-corrected chi connectivity index (χ3v) is 3.14. The van der Waals surface area contributed by atoms with Gasteiger partial charge in [-0.1, -0.05) is 16.8 Å². The first-order valence-electron chi connectivity index (χ1n) is 6.35. The fraction of sp³-hybridized carbons (Fsp3) is 0.143. The normalized spacial score (nSPS) is 10.6. The standard InChI is InChI=1S/C14H11ClN4O3/c1-21-11-4-2-9(3-5-11)14-17-12(22-18-14)8-19-13(20)6-10(15)7-16-19/h2-7H,8H2,1H3. The quantitative estimate of drug-likeness (QED) is 0.731. The lowest BCUT2D eigenvalue weighted by Gasteiger charge is -1.99. The highest BCUT2D eigenvalue weighted by Gasteiger charge is 2.10. The van der Waals surface area contributed by atoms with Gasteiger partial charge >= 0.3 is 0 Å². The van der Waals surface area contributed by atoms with Crippen molar-refractivity contribution in [3.63, 3.8) is 0 Å². The third kappa shape index (κ3) is 2.99. The van der Waals surface area contributed by atoms with Crippen LogP contribution < -0.4 is 10.3 Å². The molecule has 0 bridgehead atoms. The van der Waals surface area contributed by atoms with Crippen LogP contribution in [0.5, 0.6) is 5.75 Å². The van der Waals surface area contributed by atoms with Crippen LogP contribution >= 0.6 is 11.6 Å². The minimum absolute atomic E-state index is 0.0825. The molecule has 0 fully saturated rings. The summed E-state index contributed by atoms with van der Waals surface area (Å²) < 4.78 is 11.4. The lowest BCUT2D eigenvalue weighted by Crippen LogP contribution is -2.22. The van der Waals surface area contributed by atoms with Gasteiger partial charge < -0.3 is 9.26 Å². The molecular formula is C14H11ClN4O3. The van der Waals surface area contributed by atoms with Crippen molar-refractivity contribution in [2.75, 3.05) is 7.11 Å². The molecular weight excluding hydrogens is 308 g/mol. The fourth-order valence-electron chi connectivity index (χ4n) is 1.83. The molecule has 22 heavy (non-hydrogen) atoms. The van der Waals surface area contributed by atoms with Gasteiger partial charge in [0, 0.05) is 11.6 Å². The van der Waals surface area contributed by atoms with Crippen LogP contribution in [0, 0.1) is 0 Å². The van der Waals surface area contributed by atoms with Crippen LogP contribution in [0.15, 0.2) is 45.8 Å². The second kappa shape index (κ2) is 5.98. The molecule has 2 heterocycles. The molecule has 0 radical (unpaired) electrons. The predicted molar refractivity (Wildman–Crippen MR) is 78.9 cm³/mol. The van der Waals surface area contributed by atoms with Gasteiger partial charge in [0.05, 0.1) is 18.3 Å². The van der Waals surface area contributed by atoms with Crippen LogP contribution in [0.3, 0.4) is 0 Å². The van der Waals surface area contributed by atoms with Crippen molar-refractivity contribution in [2.45, 2.75) is 6.54 Å². The number of benzene rings is 1. The Kier molecular flexibility index (Phi) is 3.88. The van der Waals surface area contributed by atoms with E-state index in [1.807, 2.05) is 12.1 Å². The van der Waals surface area contributed by atoms with Crippen molar-refractivity contribution in [1.29, 1.82) is 0 Å². The van der Waals surface area contributed by atoms with Crippen molar-refractivity contribution in [3.8, 4) is 17.1 Å². The van der Waals surface area contributed by atoms with E-state index in [1.165, 1.54) is 16.9 Å². The average molecular weight is 319 g/mol. The molecule has 7 nitrogen and oxygen atoms in total. The maximum Gasteiger partial charge on any atom is 0.268 e. The van der Waals surface area contributed by atoms with Crippen molar-refractivity contribution < 1.29 is 9.26 Å². The van der Waals surface area contributed by atoms with Crippen LogP contribution in [-0.4, -0.2) is 27.0 Å². The molecule has 3 rings (SSSR count). The van der Waals surface area contributed by atoms with Crippen LogP contribution in [0.4, 0.5) is 0 Å². The zero-order valence-corrected chi connectivity index (χ0v) is 12.3. The molecule has 3 aromatic rings. The van der Waals surface area contributed by atoms with Crippen molar-refractivity contribution in [3.05, 3.63) is 57.8 Å². The Hall–Kier alpha value is -2.67. The Morgan fingerprint density at radius 1 is 1.32 bits per heavy atom. The van der Waals surface area contributed by atoms with Gasteiger partial charge in [-0.2, -0.15) is 10.1 Å². The van der Waals surface area contributed by atoms with Gasteiger partial charge in [-0.3, -0.25) is 4.79 Å².